The fourth-order valence-corrected chi connectivity index (χ4v) is 3.35. The number of hydrogen-bond donors (Lipinski definition) is 1. The highest BCUT2D eigenvalue weighted by Gasteiger charge is 2.25. The van der Waals surface area contributed by atoms with Crippen molar-refractivity contribution in [1.82, 2.24) is 0 Å². The lowest BCUT2D eigenvalue weighted by Crippen LogP contribution is -2.30. The lowest BCUT2D eigenvalue weighted by Gasteiger charge is -2.32. The Morgan fingerprint density at radius 2 is 1.56 bits per heavy atom. The molecule has 1 aromatic rings. The number of halogens is 3. The van der Waals surface area contributed by atoms with Crippen molar-refractivity contribution in [3.63, 3.8) is 0 Å². The Morgan fingerprint density at radius 3 is 2.06 bits per heavy atom. The third-order valence-electron chi connectivity index (χ3n) is 3.53. The zero-order chi connectivity index (χ0) is 13.3. The van der Waals surface area contributed by atoms with Gasteiger partial charge in [0, 0.05) is 10.5 Å². The van der Waals surface area contributed by atoms with Crippen LogP contribution in [0.25, 0.3) is 0 Å². The molecule has 1 aliphatic carbocycles. The molecule has 2 atom stereocenters. The van der Waals surface area contributed by atoms with Crippen molar-refractivity contribution >= 4 is 21.6 Å². The summed E-state index contributed by atoms with van der Waals surface area (Å²) >= 11 is 3.08. The van der Waals surface area contributed by atoms with E-state index >= 15 is 0 Å². The van der Waals surface area contributed by atoms with Crippen LogP contribution in [0.4, 0.5) is 14.5 Å². The van der Waals surface area contributed by atoms with Crippen molar-refractivity contribution < 1.29 is 8.78 Å². The molecule has 100 valence electrons. The number of anilines is 1. The summed E-state index contributed by atoms with van der Waals surface area (Å²) in [6, 6.07) is 2.75. The standard InChI is InChI=1S/C14H18BrF2N/c1-8-3-9(2)5-11(4-8)18-14-12(16)6-10(15)7-13(14)17/h6-9,11,18H,3-5H2,1-2H3. The van der Waals surface area contributed by atoms with E-state index in [4.69, 9.17) is 0 Å². The molecule has 2 rings (SSSR count). The summed E-state index contributed by atoms with van der Waals surface area (Å²) in [4.78, 5) is 0. The predicted octanol–water partition coefficient (Wildman–Crippen LogP) is 4.96. The minimum absolute atomic E-state index is 0.00417. The highest BCUT2D eigenvalue weighted by molar-refractivity contribution is 9.10. The van der Waals surface area contributed by atoms with Gasteiger partial charge in [0.1, 0.15) is 17.3 Å². The average molecular weight is 318 g/mol. The Labute approximate surface area is 115 Å². The van der Waals surface area contributed by atoms with Crippen molar-refractivity contribution in [2.24, 2.45) is 11.8 Å². The lowest BCUT2D eigenvalue weighted by molar-refractivity contribution is 0.280. The van der Waals surface area contributed by atoms with E-state index in [-0.39, 0.29) is 11.7 Å². The van der Waals surface area contributed by atoms with Crippen LogP contribution in [0, 0.1) is 23.5 Å². The van der Waals surface area contributed by atoms with Crippen molar-refractivity contribution in [2.75, 3.05) is 5.32 Å². The van der Waals surface area contributed by atoms with E-state index in [9.17, 15) is 8.78 Å². The molecule has 0 amide bonds. The number of nitrogens with one attached hydrogen (secondary N) is 1. The third kappa shape index (κ3) is 3.22. The molecule has 0 aliphatic heterocycles. The number of rotatable bonds is 2. The maximum absolute atomic E-state index is 13.7. The first-order valence-corrected chi connectivity index (χ1v) is 7.16. The second kappa shape index (κ2) is 5.55. The fraction of sp³-hybridized carbons (Fsp3) is 0.571. The van der Waals surface area contributed by atoms with E-state index < -0.39 is 11.6 Å². The molecule has 0 saturated heterocycles. The monoisotopic (exact) mass is 317 g/mol. The van der Waals surface area contributed by atoms with Gasteiger partial charge in [0.25, 0.3) is 0 Å². The highest BCUT2D eigenvalue weighted by atomic mass is 79.9. The van der Waals surface area contributed by atoms with Crippen LogP contribution in [0.5, 0.6) is 0 Å². The van der Waals surface area contributed by atoms with Crippen LogP contribution < -0.4 is 5.32 Å². The molecule has 1 aliphatic rings. The van der Waals surface area contributed by atoms with Crippen LogP contribution in [0.15, 0.2) is 16.6 Å². The van der Waals surface area contributed by atoms with Gasteiger partial charge in [-0.1, -0.05) is 29.8 Å². The van der Waals surface area contributed by atoms with Crippen molar-refractivity contribution in [2.45, 2.75) is 39.2 Å². The van der Waals surface area contributed by atoms with Crippen LogP contribution in [0.1, 0.15) is 33.1 Å². The van der Waals surface area contributed by atoms with Gasteiger partial charge < -0.3 is 5.32 Å². The molecule has 4 heteroatoms. The normalized spacial score (nSPS) is 28.2. The Kier molecular flexibility index (Phi) is 4.25. The molecule has 0 spiro atoms. The van der Waals surface area contributed by atoms with E-state index in [1.165, 1.54) is 18.6 Å². The summed E-state index contributed by atoms with van der Waals surface area (Å²) in [6.07, 6.45) is 3.14. The van der Waals surface area contributed by atoms with Gasteiger partial charge in [-0.3, -0.25) is 0 Å². The van der Waals surface area contributed by atoms with E-state index in [1.807, 2.05) is 0 Å². The first kappa shape index (κ1) is 13.8. The summed E-state index contributed by atoms with van der Waals surface area (Å²) in [7, 11) is 0. The van der Waals surface area contributed by atoms with E-state index in [0.29, 0.717) is 16.3 Å². The molecule has 1 fully saturated rings. The van der Waals surface area contributed by atoms with Crippen molar-refractivity contribution in [1.29, 1.82) is 0 Å². The van der Waals surface area contributed by atoms with Gasteiger partial charge in [-0.15, -0.1) is 0 Å². The molecule has 18 heavy (non-hydrogen) atoms. The number of hydrogen-bond acceptors (Lipinski definition) is 1. The second-order valence-electron chi connectivity index (χ2n) is 5.50. The second-order valence-corrected chi connectivity index (χ2v) is 6.42. The Balaban J connectivity index is 2.14. The summed E-state index contributed by atoms with van der Waals surface area (Å²) < 4.78 is 27.9. The fourth-order valence-electron chi connectivity index (χ4n) is 2.95. The topological polar surface area (TPSA) is 12.0 Å². The summed E-state index contributed by atoms with van der Waals surface area (Å²) in [5.41, 5.74) is 0.00417. The molecular weight excluding hydrogens is 300 g/mol. The first-order valence-electron chi connectivity index (χ1n) is 6.36. The molecular formula is C14H18BrF2N. The van der Waals surface area contributed by atoms with Crippen LogP contribution in [-0.2, 0) is 0 Å². The van der Waals surface area contributed by atoms with Crippen LogP contribution in [-0.4, -0.2) is 6.04 Å². The van der Waals surface area contributed by atoms with Crippen LogP contribution in [0.2, 0.25) is 0 Å². The summed E-state index contributed by atoms with van der Waals surface area (Å²) in [5.74, 6) is 0.140. The van der Waals surface area contributed by atoms with Gasteiger partial charge in [0.2, 0.25) is 0 Å². The Morgan fingerprint density at radius 1 is 1.06 bits per heavy atom. The molecule has 1 nitrogen and oxygen atoms in total. The van der Waals surface area contributed by atoms with Crippen molar-refractivity contribution in [3.05, 3.63) is 28.2 Å². The highest BCUT2D eigenvalue weighted by Crippen LogP contribution is 2.32. The van der Waals surface area contributed by atoms with Gasteiger partial charge in [0.15, 0.2) is 0 Å². The molecule has 1 aromatic carbocycles. The maximum atomic E-state index is 13.7. The minimum atomic E-state index is -0.534. The zero-order valence-electron chi connectivity index (χ0n) is 10.6. The molecule has 1 N–H and O–H groups in total. The van der Waals surface area contributed by atoms with Gasteiger partial charge in [-0.05, 0) is 43.2 Å². The summed E-state index contributed by atoms with van der Waals surface area (Å²) in [5, 5.41) is 3.03. The average Bonchev–Trinajstić information content (AvgIpc) is 2.22. The van der Waals surface area contributed by atoms with E-state index in [0.717, 1.165) is 12.8 Å². The Hall–Kier alpha value is -0.640. The lowest BCUT2D eigenvalue weighted by atomic mass is 9.80. The molecule has 0 heterocycles. The SMILES string of the molecule is CC1CC(C)CC(Nc2c(F)cc(Br)cc2F)C1. The van der Waals surface area contributed by atoms with E-state index in [1.54, 1.807) is 0 Å². The summed E-state index contributed by atoms with van der Waals surface area (Å²) in [6.45, 7) is 4.39. The van der Waals surface area contributed by atoms with Gasteiger partial charge in [-0.25, -0.2) is 8.78 Å². The maximum Gasteiger partial charge on any atom is 0.150 e. The quantitative estimate of drug-likeness (QED) is 0.812. The van der Waals surface area contributed by atoms with Crippen LogP contribution >= 0.6 is 15.9 Å². The molecule has 0 aromatic heterocycles. The largest absolute Gasteiger partial charge is 0.378 e. The van der Waals surface area contributed by atoms with Crippen molar-refractivity contribution in [3.8, 4) is 0 Å². The van der Waals surface area contributed by atoms with Gasteiger partial charge in [0.05, 0.1) is 0 Å². The zero-order valence-corrected chi connectivity index (χ0v) is 12.2. The molecule has 0 bridgehead atoms. The third-order valence-corrected chi connectivity index (χ3v) is 3.99. The molecule has 2 unspecified atom stereocenters. The van der Waals surface area contributed by atoms with Gasteiger partial charge >= 0.3 is 0 Å². The molecule has 0 radical (unpaired) electrons. The van der Waals surface area contributed by atoms with E-state index in [2.05, 4.69) is 35.1 Å². The Bertz CT molecular complexity index is 403. The smallest absolute Gasteiger partial charge is 0.150 e. The number of benzene rings is 1. The molecule has 1 saturated carbocycles. The predicted molar refractivity (Wildman–Crippen MR) is 73.6 cm³/mol. The minimum Gasteiger partial charge on any atom is -0.378 e. The first-order chi connectivity index (χ1) is 8.45. The van der Waals surface area contributed by atoms with Crippen LogP contribution in [0.3, 0.4) is 0 Å². The van der Waals surface area contributed by atoms with Gasteiger partial charge in [-0.2, -0.15) is 0 Å².